The Morgan fingerprint density at radius 1 is 1.53 bits per heavy atom. The highest BCUT2D eigenvalue weighted by Crippen LogP contribution is 2.29. The molecule has 0 radical (unpaired) electrons. The Balaban J connectivity index is 2.34. The number of aliphatic hydroxyl groups excluding tert-OH is 1. The number of ether oxygens (including phenoxy) is 1. The molecule has 3 nitrogen and oxygen atoms in total. The zero-order valence-electron chi connectivity index (χ0n) is 10.2. The van der Waals surface area contributed by atoms with E-state index in [0.717, 1.165) is 18.8 Å². The Kier molecular flexibility index (Phi) is 3.64. The van der Waals surface area contributed by atoms with Crippen LogP contribution < -0.4 is 4.90 Å². The second-order valence-corrected chi connectivity index (χ2v) is 4.48. The van der Waals surface area contributed by atoms with Crippen LogP contribution in [0.4, 0.5) is 10.1 Å². The lowest BCUT2D eigenvalue weighted by Crippen LogP contribution is -2.41. The van der Waals surface area contributed by atoms with E-state index in [1.807, 2.05) is 13.0 Å². The van der Waals surface area contributed by atoms with Gasteiger partial charge in [0.25, 0.3) is 0 Å². The van der Waals surface area contributed by atoms with Crippen molar-refractivity contribution in [3.8, 4) is 0 Å². The van der Waals surface area contributed by atoms with Gasteiger partial charge in [0.15, 0.2) is 0 Å². The fraction of sp³-hybridized carbons (Fsp3) is 0.538. The molecule has 0 spiro atoms. The molecule has 1 aliphatic rings. The molecule has 1 saturated heterocycles. The Morgan fingerprint density at radius 2 is 2.29 bits per heavy atom. The zero-order chi connectivity index (χ0) is 12.4. The summed E-state index contributed by atoms with van der Waals surface area (Å²) in [6.07, 6.45) is -0.668. The van der Waals surface area contributed by atoms with Gasteiger partial charge in [0, 0.05) is 24.3 Å². The van der Waals surface area contributed by atoms with Crippen LogP contribution in [-0.2, 0) is 4.74 Å². The maximum absolute atomic E-state index is 13.7. The van der Waals surface area contributed by atoms with E-state index >= 15 is 0 Å². The van der Waals surface area contributed by atoms with Crippen LogP contribution >= 0.6 is 0 Å². The summed E-state index contributed by atoms with van der Waals surface area (Å²) in [5.41, 5.74) is 1.15. The molecule has 1 fully saturated rings. The Bertz CT molecular complexity index is 395. The Hall–Kier alpha value is -1.13. The van der Waals surface area contributed by atoms with Crippen LogP contribution in [-0.4, -0.2) is 30.9 Å². The van der Waals surface area contributed by atoms with Crippen molar-refractivity contribution in [3.05, 3.63) is 29.6 Å². The number of morpholine rings is 1. The SMILES string of the molecule is CC1CN(c2cccc(F)c2C(C)O)CCO1. The predicted octanol–water partition coefficient (Wildman–Crippen LogP) is 2.10. The third kappa shape index (κ3) is 2.58. The molecule has 1 heterocycles. The van der Waals surface area contributed by atoms with Gasteiger partial charge in [-0.15, -0.1) is 0 Å². The molecule has 0 amide bonds. The van der Waals surface area contributed by atoms with Gasteiger partial charge in [0.2, 0.25) is 0 Å². The van der Waals surface area contributed by atoms with E-state index in [4.69, 9.17) is 4.74 Å². The Labute approximate surface area is 101 Å². The number of nitrogens with zero attached hydrogens (tertiary/aromatic N) is 1. The van der Waals surface area contributed by atoms with Crippen LogP contribution in [0.15, 0.2) is 18.2 Å². The first-order valence-electron chi connectivity index (χ1n) is 5.92. The van der Waals surface area contributed by atoms with E-state index in [9.17, 15) is 9.50 Å². The van der Waals surface area contributed by atoms with Gasteiger partial charge in [0.05, 0.1) is 18.8 Å². The van der Waals surface area contributed by atoms with Crippen molar-refractivity contribution in [2.45, 2.75) is 26.1 Å². The van der Waals surface area contributed by atoms with Crippen molar-refractivity contribution in [2.75, 3.05) is 24.6 Å². The minimum atomic E-state index is -0.802. The molecule has 1 N–H and O–H groups in total. The molecular weight excluding hydrogens is 221 g/mol. The van der Waals surface area contributed by atoms with Crippen LogP contribution in [0.5, 0.6) is 0 Å². The molecule has 94 valence electrons. The fourth-order valence-corrected chi connectivity index (χ4v) is 2.25. The van der Waals surface area contributed by atoms with Gasteiger partial charge >= 0.3 is 0 Å². The van der Waals surface area contributed by atoms with Gasteiger partial charge in [-0.2, -0.15) is 0 Å². The average molecular weight is 239 g/mol. The smallest absolute Gasteiger partial charge is 0.131 e. The topological polar surface area (TPSA) is 32.7 Å². The van der Waals surface area contributed by atoms with Gasteiger partial charge in [0.1, 0.15) is 5.82 Å². The highest BCUT2D eigenvalue weighted by molar-refractivity contribution is 5.55. The third-order valence-electron chi connectivity index (χ3n) is 3.03. The van der Waals surface area contributed by atoms with Crippen molar-refractivity contribution in [1.29, 1.82) is 0 Å². The number of rotatable bonds is 2. The third-order valence-corrected chi connectivity index (χ3v) is 3.03. The fourth-order valence-electron chi connectivity index (χ4n) is 2.25. The lowest BCUT2D eigenvalue weighted by molar-refractivity contribution is 0.0529. The van der Waals surface area contributed by atoms with Crippen LogP contribution in [0.3, 0.4) is 0 Å². The molecule has 0 bridgehead atoms. The average Bonchev–Trinajstić information content (AvgIpc) is 2.28. The number of halogens is 1. The van der Waals surface area contributed by atoms with E-state index in [-0.39, 0.29) is 11.9 Å². The van der Waals surface area contributed by atoms with E-state index in [2.05, 4.69) is 4.90 Å². The van der Waals surface area contributed by atoms with Gasteiger partial charge in [-0.05, 0) is 26.0 Å². The minimum Gasteiger partial charge on any atom is -0.389 e. The Morgan fingerprint density at radius 3 is 2.94 bits per heavy atom. The largest absolute Gasteiger partial charge is 0.389 e. The van der Waals surface area contributed by atoms with Crippen LogP contribution in [0.1, 0.15) is 25.5 Å². The number of hydrogen-bond acceptors (Lipinski definition) is 3. The molecule has 2 rings (SSSR count). The molecule has 1 aliphatic heterocycles. The lowest BCUT2D eigenvalue weighted by atomic mass is 10.1. The van der Waals surface area contributed by atoms with E-state index < -0.39 is 6.10 Å². The molecule has 2 atom stereocenters. The van der Waals surface area contributed by atoms with E-state index in [1.165, 1.54) is 6.07 Å². The van der Waals surface area contributed by atoms with E-state index in [0.29, 0.717) is 12.2 Å². The highest BCUT2D eigenvalue weighted by Gasteiger charge is 2.22. The summed E-state index contributed by atoms with van der Waals surface area (Å²) in [6, 6.07) is 4.91. The summed E-state index contributed by atoms with van der Waals surface area (Å²) in [7, 11) is 0. The summed E-state index contributed by atoms with van der Waals surface area (Å²) in [6.45, 7) is 5.67. The minimum absolute atomic E-state index is 0.133. The molecule has 2 unspecified atom stereocenters. The second kappa shape index (κ2) is 5.02. The van der Waals surface area contributed by atoms with Gasteiger partial charge in [-0.3, -0.25) is 0 Å². The molecule has 0 saturated carbocycles. The molecule has 1 aromatic carbocycles. The molecule has 0 aliphatic carbocycles. The number of benzene rings is 1. The lowest BCUT2D eigenvalue weighted by Gasteiger charge is -2.34. The highest BCUT2D eigenvalue weighted by atomic mass is 19.1. The van der Waals surface area contributed by atoms with Gasteiger partial charge in [-0.1, -0.05) is 6.07 Å². The first-order chi connectivity index (χ1) is 8.09. The maximum Gasteiger partial charge on any atom is 0.131 e. The number of hydrogen-bond donors (Lipinski definition) is 1. The maximum atomic E-state index is 13.7. The molecule has 4 heteroatoms. The van der Waals surface area contributed by atoms with Crippen LogP contribution in [0, 0.1) is 5.82 Å². The molecule has 0 aromatic heterocycles. The van der Waals surface area contributed by atoms with Gasteiger partial charge in [-0.25, -0.2) is 4.39 Å². The quantitative estimate of drug-likeness (QED) is 0.858. The summed E-state index contributed by atoms with van der Waals surface area (Å²) in [5.74, 6) is -0.350. The second-order valence-electron chi connectivity index (χ2n) is 4.48. The first kappa shape index (κ1) is 12.3. The predicted molar refractivity (Wildman–Crippen MR) is 64.7 cm³/mol. The van der Waals surface area contributed by atoms with Crippen molar-refractivity contribution >= 4 is 5.69 Å². The molecular formula is C13H18FNO2. The standard InChI is InChI=1S/C13H18FNO2/c1-9-8-15(6-7-17-9)12-5-3-4-11(14)13(12)10(2)16/h3-5,9-10,16H,6-8H2,1-2H3. The normalized spacial score (nSPS) is 22.6. The van der Waals surface area contributed by atoms with Crippen molar-refractivity contribution < 1.29 is 14.2 Å². The monoisotopic (exact) mass is 239 g/mol. The van der Waals surface area contributed by atoms with E-state index in [1.54, 1.807) is 13.0 Å². The molecule has 1 aromatic rings. The summed E-state index contributed by atoms with van der Waals surface area (Å²) in [4.78, 5) is 2.07. The first-order valence-corrected chi connectivity index (χ1v) is 5.92. The van der Waals surface area contributed by atoms with Crippen LogP contribution in [0.2, 0.25) is 0 Å². The molecule has 17 heavy (non-hydrogen) atoms. The van der Waals surface area contributed by atoms with Crippen LogP contribution in [0.25, 0.3) is 0 Å². The van der Waals surface area contributed by atoms with Crippen molar-refractivity contribution in [2.24, 2.45) is 0 Å². The summed E-state index contributed by atoms with van der Waals surface area (Å²) < 4.78 is 19.2. The summed E-state index contributed by atoms with van der Waals surface area (Å²) >= 11 is 0. The van der Waals surface area contributed by atoms with Crippen molar-refractivity contribution in [1.82, 2.24) is 0 Å². The van der Waals surface area contributed by atoms with Crippen molar-refractivity contribution in [3.63, 3.8) is 0 Å². The summed E-state index contributed by atoms with van der Waals surface area (Å²) in [5, 5.41) is 9.68. The zero-order valence-corrected chi connectivity index (χ0v) is 10.2. The van der Waals surface area contributed by atoms with Gasteiger partial charge < -0.3 is 14.7 Å². The number of aliphatic hydroxyl groups is 1. The number of anilines is 1.